The number of carbonyl (C=O) groups is 1. The standard InChI is InChI=1S/C16H24N2O3/c1-17(2)14-6-4-13(5-7-14)15(19)18(3)12-16(20)8-10-21-11-9-16/h4-7,20H,8-12H2,1-3H3. The summed E-state index contributed by atoms with van der Waals surface area (Å²) in [5.41, 5.74) is 0.864. The van der Waals surface area contributed by atoms with Gasteiger partial charge in [0.15, 0.2) is 0 Å². The molecule has 0 bridgehead atoms. The molecule has 5 nitrogen and oxygen atoms in total. The fourth-order valence-corrected chi connectivity index (χ4v) is 2.55. The van der Waals surface area contributed by atoms with E-state index in [1.54, 1.807) is 11.9 Å². The number of rotatable bonds is 4. The van der Waals surface area contributed by atoms with Gasteiger partial charge in [0.25, 0.3) is 5.91 Å². The summed E-state index contributed by atoms with van der Waals surface area (Å²) in [6.07, 6.45) is 1.15. The van der Waals surface area contributed by atoms with Crippen LogP contribution in [0.15, 0.2) is 24.3 Å². The molecule has 0 spiro atoms. The van der Waals surface area contributed by atoms with Crippen LogP contribution in [0.25, 0.3) is 0 Å². The second kappa shape index (κ2) is 6.45. The first kappa shape index (κ1) is 15.8. The number of carbonyl (C=O) groups excluding carboxylic acids is 1. The first-order valence-electron chi connectivity index (χ1n) is 7.24. The smallest absolute Gasteiger partial charge is 0.253 e. The van der Waals surface area contributed by atoms with E-state index < -0.39 is 5.60 Å². The van der Waals surface area contributed by atoms with Crippen molar-refractivity contribution in [1.29, 1.82) is 0 Å². The van der Waals surface area contributed by atoms with Crippen molar-refractivity contribution in [3.05, 3.63) is 29.8 Å². The molecule has 5 heteroatoms. The lowest BCUT2D eigenvalue weighted by Gasteiger charge is -2.35. The van der Waals surface area contributed by atoms with Crippen LogP contribution >= 0.6 is 0 Å². The van der Waals surface area contributed by atoms with Gasteiger partial charge >= 0.3 is 0 Å². The molecule has 1 fully saturated rings. The van der Waals surface area contributed by atoms with Gasteiger partial charge in [-0.05, 0) is 24.3 Å². The fraction of sp³-hybridized carbons (Fsp3) is 0.562. The average Bonchev–Trinajstić information content (AvgIpc) is 2.46. The molecular weight excluding hydrogens is 268 g/mol. The van der Waals surface area contributed by atoms with Crippen LogP contribution in [0.2, 0.25) is 0 Å². The summed E-state index contributed by atoms with van der Waals surface area (Å²) in [7, 11) is 5.66. The Balaban J connectivity index is 2.01. The molecule has 1 aromatic rings. The number of ether oxygens (including phenoxy) is 1. The topological polar surface area (TPSA) is 53.0 Å². The van der Waals surface area contributed by atoms with Gasteiger partial charge in [0.05, 0.1) is 5.60 Å². The van der Waals surface area contributed by atoms with E-state index in [4.69, 9.17) is 4.74 Å². The van der Waals surface area contributed by atoms with Crippen molar-refractivity contribution in [2.45, 2.75) is 18.4 Å². The van der Waals surface area contributed by atoms with Gasteiger partial charge in [0, 0.05) is 65.0 Å². The van der Waals surface area contributed by atoms with E-state index >= 15 is 0 Å². The quantitative estimate of drug-likeness (QED) is 0.910. The maximum absolute atomic E-state index is 12.4. The number of anilines is 1. The third-order valence-corrected chi connectivity index (χ3v) is 3.93. The molecule has 0 aliphatic carbocycles. The highest BCUT2D eigenvalue weighted by molar-refractivity contribution is 5.94. The van der Waals surface area contributed by atoms with E-state index in [9.17, 15) is 9.90 Å². The summed E-state index contributed by atoms with van der Waals surface area (Å²) in [4.78, 5) is 16.0. The zero-order valence-corrected chi connectivity index (χ0v) is 13.0. The number of hydrogen-bond acceptors (Lipinski definition) is 4. The molecule has 1 aromatic carbocycles. The van der Waals surface area contributed by atoms with E-state index in [0.717, 1.165) is 5.69 Å². The molecule has 0 saturated carbocycles. The third-order valence-electron chi connectivity index (χ3n) is 3.93. The minimum atomic E-state index is -0.827. The zero-order chi connectivity index (χ0) is 15.5. The third kappa shape index (κ3) is 3.95. The van der Waals surface area contributed by atoms with Gasteiger partial charge < -0.3 is 19.6 Å². The van der Waals surface area contributed by atoms with Gasteiger partial charge in [0.1, 0.15) is 0 Å². The summed E-state index contributed by atoms with van der Waals surface area (Å²) in [5, 5.41) is 10.5. The Morgan fingerprint density at radius 2 is 1.76 bits per heavy atom. The fourth-order valence-electron chi connectivity index (χ4n) is 2.55. The lowest BCUT2D eigenvalue weighted by Crippen LogP contribution is -2.47. The van der Waals surface area contributed by atoms with Crippen LogP contribution in [0.1, 0.15) is 23.2 Å². The number of likely N-dealkylation sites (N-methyl/N-ethyl adjacent to an activating group) is 1. The van der Waals surface area contributed by atoms with Crippen LogP contribution in [0.3, 0.4) is 0 Å². The second-order valence-electron chi connectivity index (χ2n) is 5.94. The van der Waals surface area contributed by atoms with Crippen molar-refractivity contribution < 1.29 is 14.6 Å². The van der Waals surface area contributed by atoms with E-state index in [0.29, 0.717) is 38.2 Å². The molecule has 0 radical (unpaired) electrons. The van der Waals surface area contributed by atoms with Crippen molar-refractivity contribution in [3.8, 4) is 0 Å². The van der Waals surface area contributed by atoms with Crippen molar-refractivity contribution in [2.75, 3.05) is 45.8 Å². The Morgan fingerprint density at radius 3 is 2.29 bits per heavy atom. The monoisotopic (exact) mass is 292 g/mol. The Morgan fingerprint density at radius 1 is 1.19 bits per heavy atom. The molecule has 0 atom stereocenters. The normalized spacial score (nSPS) is 17.3. The van der Waals surface area contributed by atoms with Crippen LogP contribution < -0.4 is 4.90 Å². The Bertz CT molecular complexity index is 479. The lowest BCUT2D eigenvalue weighted by atomic mass is 9.93. The molecule has 21 heavy (non-hydrogen) atoms. The summed E-state index contributed by atoms with van der Waals surface area (Å²) in [6, 6.07) is 7.48. The van der Waals surface area contributed by atoms with Crippen molar-refractivity contribution in [1.82, 2.24) is 4.90 Å². The van der Waals surface area contributed by atoms with Crippen molar-refractivity contribution in [2.24, 2.45) is 0 Å². The number of aliphatic hydroxyl groups is 1. The summed E-state index contributed by atoms with van der Waals surface area (Å²) in [5.74, 6) is -0.0692. The van der Waals surface area contributed by atoms with Gasteiger partial charge in [-0.3, -0.25) is 4.79 Å². The average molecular weight is 292 g/mol. The van der Waals surface area contributed by atoms with Gasteiger partial charge in [-0.1, -0.05) is 0 Å². The minimum Gasteiger partial charge on any atom is -0.388 e. The van der Waals surface area contributed by atoms with Crippen molar-refractivity contribution in [3.63, 3.8) is 0 Å². The van der Waals surface area contributed by atoms with Crippen LogP contribution in [0.5, 0.6) is 0 Å². The summed E-state index contributed by atoms with van der Waals surface area (Å²) < 4.78 is 5.26. The lowest BCUT2D eigenvalue weighted by molar-refractivity contribution is -0.0734. The molecule has 0 aromatic heterocycles. The molecular formula is C16H24N2O3. The van der Waals surface area contributed by atoms with Gasteiger partial charge in [-0.25, -0.2) is 0 Å². The van der Waals surface area contributed by atoms with E-state index in [1.165, 1.54) is 0 Å². The SMILES string of the molecule is CN(CC1(O)CCOCC1)C(=O)c1ccc(N(C)C)cc1. The first-order valence-corrected chi connectivity index (χ1v) is 7.24. The zero-order valence-electron chi connectivity index (χ0n) is 13.0. The van der Waals surface area contributed by atoms with Gasteiger partial charge in [-0.15, -0.1) is 0 Å². The molecule has 1 saturated heterocycles. The Labute approximate surface area is 126 Å². The predicted octanol–water partition coefficient (Wildman–Crippen LogP) is 1.37. The number of benzene rings is 1. The van der Waals surface area contributed by atoms with E-state index in [-0.39, 0.29) is 5.91 Å². The molecule has 1 amide bonds. The molecule has 1 heterocycles. The minimum absolute atomic E-state index is 0.0692. The van der Waals surface area contributed by atoms with Crippen LogP contribution in [0.4, 0.5) is 5.69 Å². The summed E-state index contributed by atoms with van der Waals surface area (Å²) >= 11 is 0. The molecule has 1 aliphatic rings. The van der Waals surface area contributed by atoms with Crippen molar-refractivity contribution >= 4 is 11.6 Å². The largest absolute Gasteiger partial charge is 0.388 e. The predicted molar refractivity (Wildman–Crippen MR) is 82.7 cm³/mol. The number of nitrogens with zero attached hydrogens (tertiary/aromatic N) is 2. The summed E-state index contributed by atoms with van der Waals surface area (Å²) in [6.45, 7) is 1.44. The Kier molecular flexibility index (Phi) is 4.85. The van der Waals surface area contributed by atoms with Crippen LogP contribution in [0, 0.1) is 0 Å². The number of hydrogen-bond donors (Lipinski definition) is 1. The van der Waals surface area contributed by atoms with E-state index in [2.05, 4.69) is 0 Å². The molecule has 2 rings (SSSR count). The first-order chi connectivity index (χ1) is 9.91. The highest BCUT2D eigenvalue weighted by Crippen LogP contribution is 2.22. The van der Waals surface area contributed by atoms with Gasteiger partial charge in [-0.2, -0.15) is 0 Å². The molecule has 1 N–H and O–H groups in total. The number of amides is 1. The molecule has 116 valence electrons. The highest BCUT2D eigenvalue weighted by Gasteiger charge is 2.32. The maximum atomic E-state index is 12.4. The second-order valence-corrected chi connectivity index (χ2v) is 5.94. The maximum Gasteiger partial charge on any atom is 0.253 e. The highest BCUT2D eigenvalue weighted by atomic mass is 16.5. The Hall–Kier alpha value is -1.59. The molecule has 0 unspecified atom stereocenters. The van der Waals surface area contributed by atoms with Crippen LogP contribution in [-0.4, -0.2) is 62.4 Å². The molecule has 1 aliphatic heterocycles. The van der Waals surface area contributed by atoms with E-state index in [1.807, 2.05) is 43.3 Å². The van der Waals surface area contributed by atoms with Crippen LogP contribution in [-0.2, 0) is 4.74 Å². The van der Waals surface area contributed by atoms with Gasteiger partial charge in [0.2, 0.25) is 0 Å².